The molecule has 1 saturated carbocycles. The van der Waals surface area contributed by atoms with E-state index >= 15 is 0 Å². The van der Waals surface area contributed by atoms with Crippen molar-refractivity contribution >= 4 is 21.8 Å². The predicted molar refractivity (Wildman–Crippen MR) is 71.3 cm³/mol. The van der Waals surface area contributed by atoms with Gasteiger partial charge in [-0.25, -0.2) is 0 Å². The van der Waals surface area contributed by atoms with Crippen molar-refractivity contribution in [1.82, 2.24) is 5.32 Å². The Morgan fingerprint density at radius 1 is 1.29 bits per heavy atom. The molecule has 0 aromatic carbocycles. The van der Waals surface area contributed by atoms with Crippen LogP contribution in [0.5, 0.6) is 0 Å². The molecule has 4 unspecified atom stereocenters. The molecule has 1 saturated heterocycles. The lowest BCUT2D eigenvalue weighted by Gasteiger charge is -2.23. The Labute approximate surface area is 112 Å². The fourth-order valence-corrected chi connectivity index (χ4v) is 3.45. The quantitative estimate of drug-likeness (QED) is 0.629. The van der Waals surface area contributed by atoms with E-state index in [-0.39, 0.29) is 17.9 Å². The zero-order valence-electron chi connectivity index (χ0n) is 10.5. The standard InChI is InChI=1S/C13H22BrNO2/c1-9-7-10(8-17-9)13(16)15-12-6-4-2-3-5-11(12)14/h9-12H,2-8H2,1H3,(H,15,16). The van der Waals surface area contributed by atoms with Gasteiger partial charge in [0.15, 0.2) is 0 Å². The van der Waals surface area contributed by atoms with E-state index in [9.17, 15) is 4.79 Å². The highest BCUT2D eigenvalue weighted by Gasteiger charge is 2.31. The third-order valence-electron chi connectivity index (χ3n) is 3.83. The van der Waals surface area contributed by atoms with Gasteiger partial charge in [-0.3, -0.25) is 4.79 Å². The summed E-state index contributed by atoms with van der Waals surface area (Å²) in [4.78, 5) is 12.5. The summed E-state index contributed by atoms with van der Waals surface area (Å²) in [5, 5.41) is 3.21. The molecule has 4 atom stereocenters. The van der Waals surface area contributed by atoms with Crippen molar-refractivity contribution in [2.24, 2.45) is 5.92 Å². The summed E-state index contributed by atoms with van der Waals surface area (Å²) >= 11 is 3.71. The monoisotopic (exact) mass is 303 g/mol. The van der Waals surface area contributed by atoms with Crippen LogP contribution >= 0.6 is 15.9 Å². The minimum atomic E-state index is 0.0629. The van der Waals surface area contributed by atoms with Gasteiger partial charge in [-0.1, -0.05) is 35.2 Å². The molecule has 1 heterocycles. The Bertz CT molecular complexity index is 272. The largest absolute Gasteiger partial charge is 0.378 e. The van der Waals surface area contributed by atoms with Crippen LogP contribution in [-0.2, 0) is 9.53 Å². The topological polar surface area (TPSA) is 38.3 Å². The van der Waals surface area contributed by atoms with Crippen LogP contribution in [0.3, 0.4) is 0 Å². The molecule has 2 aliphatic rings. The first kappa shape index (κ1) is 13.3. The minimum Gasteiger partial charge on any atom is -0.378 e. The number of alkyl halides is 1. The molecule has 0 aromatic heterocycles. The normalized spacial score (nSPS) is 38.7. The lowest BCUT2D eigenvalue weighted by atomic mass is 10.0. The van der Waals surface area contributed by atoms with Gasteiger partial charge in [0.25, 0.3) is 0 Å². The van der Waals surface area contributed by atoms with Gasteiger partial charge in [-0.05, 0) is 26.2 Å². The maximum absolute atomic E-state index is 12.1. The number of carbonyl (C=O) groups is 1. The predicted octanol–water partition coefficient (Wildman–Crippen LogP) is 2.62. The Morgan fingerprint density at radius 2 is 2.06 bits per heavy atom. The molecule has 17 heavy (non-hydrogen) atoms. The summed E-state index contributed by atoms with van der Waals surface area (Å²) in [6, 6.07) is 0.306. The van der Waals surface area contributed by atoms with Gasteiger partial charge >= 0.3 is 0 Å². The van der Waals surface area contributed by atoms with Gasteiger partial charge in [0.1, 0.15) is 0 Å². The van der Waals surface area contributed by atoms with Crippen molar-refractivity contribution < 1.29 is 9.53 Å². The second kappa shape index (κ2) is 6.19. The van der Waals surface area contributed by atoms with Crippen molar-refractivity contribution in [1.29, 1.82) is 0 Å². The Morgan fingerprint density at radius 3 is 2.76 bits per heavy atom. The van der Waals surface area contributed by atoms with Crippen LogP contribution in [0.2, 0.25) is 0 Å². The third-order valence-corrected chi connectivity index (χ3v) is 4.92. The molecular formula is C13H22BrNO2. The summed E-state index contributed by atoms with van der Waals surface area (Å²) in [6.45, 7) is 2.62. The molecule has 0 aromatic rings. The van der Waals surface area contributed by atoms with Crippen LogP contribution in [-0.4, -0.2) is 29.5 Å². The second-order valence-corrected chi connectivity index (χ2v) is 6.52. The van der Waals surface area contributed by atoms with E-state index in [2.05, 4.69) is 21.2 Å². The summed E-state index contributed by atoms with van der Waals surface area (Å²) in [5.74, 6) is 0.249. The number of hydrogen-bond donors (Lipinski definition) is 1. The van der Waals surface area contributed by atoms with Crippen LogP contribution < -0.4 is 5.32 Å². The second-order valence-electron chi connectivity index (χ2n) is 5.35. The first-order valence-corrected chi connectivity index (χ1v) is 7.64. The maximum Gasteiger partial charge on any atom is 0.225 e. The van der Waals surface area contributed by atoms with Gasteiger partial charge in [0, 0.05) is 10.9 Å². The van der Waals surface area contributed by atoms with Crippen LogP contribution in [0.25, 0.3) is 0 Å². The molecule has 2 fully saturated rings. The van der Waals surface area contributed by atoms with E-state index in [1.54, 1.807) is 0 Å². The lowest BCUT2D eigenvalue weighted by Crippen LogP contribution is -2.43. The number of rotatable bonds is 2. The van der Waals surface area contributed by atoms with E-state index in [1.165, 1.54) is 25.7 Å². The summed E-state index contributed by atoms with van der Waals surface area (Å²) in [6.07, 6.45) is 7.16. The first-order chi connectivity index (χ1) is 8.16. The van der Waals surface area contributed by atoms with Crippen LogP contribution in [0.15, 0.2) is 0 Å². The molecule has 98 valence electrons. The molecule has 0 radical (unpaired) electrons. The summed E-state index contributed by atoms with van der Waals surface area (Å²) in [7, 11) is 0. The highest BCUT2D eigenvalue weighted by atomic mass is 79.9. The van der Waals surface area contributed by atoms with Gasteiger partial charge in [-0.2, -0.15) is 0 Å². The Balaban J connectivity index is 1.84. The highest BCUT2D eigenvalue weighted by Crippen LogP contribution is 2.25. The molecule has 1 amide bonds. The zero-order valence-corrected chi connectivity index (χ0v) is 12.0. The molecule has 1 aliphatic heterocycles. The summed E-state index contributed by atoms with van der Waals surface area (Å²) in [5.41, 5.74) is 0. The number of hydrogen-bond acceptors (Lipinski definition) is 2. The average molecular weight is 304 g/mol. The van der Waals surface area contributed by atoms with Gasteiger partial charge in [0.05, 0.1) is 18.6 Å². The molecule has 0 bridgehead atoms. The van der Waals surface area contributed by atoms with Crippen molar-refractivity contribution in [3.05, 3.63) is 0 Å². The number of nitrogens with one attached hydrogen (secondary N) is 1. The first-order valence-electron chi connectivity index (χ1n) is 6.73. The van der Waals surface area contributed by atoms with E-state index < -0.39 is 0 Å². The molecule has 4 heteroatoms. The van der Waals surface area contributed by atoms with E-state index in [0.717, 1.165) is 12.8 Å². The van der Waals surface area contributed by atoms with Gasteiger partial charge < -0.3 is 10.1 Å². The van der Waals surface area contributed by atoms with Gasteiger partial charge in [0.2, 0.25) is 5.91 Å². The van der Waals surface area contributed by atoms with Gasteiger partial charge in [-0.15, -0.1) is 0 Å². The van der Waals surface area contributed by atoms with Crippen molar-refractivity contribution in [3.8, 4) is 0 Å². The third kappa shape index (κ3) is 3.68. The smallest absolute Gasteiger partial charge is 0.225 e. The average Bonchev–Trinajstić information content (AvgIpc) is 2.63. The number of halogens is 1. The Kier molecular flexibility index (Phi) is 4.86. The maximum atomic E-state index is 12.1. The van der Waals surface area contributed by atoms with Crippen molar-refractivity contribution in [3.63, 3.8) is 0 Å². The molecule has 1 aliphatic carbocycles. The highest BCUT2D eigenvalue weighted by molar-refractivity contribution is 9.09. The lowest BCUT2D eigenvalue weighted by molar-refractivity contribution is -0.125. The SMILES string of the molecule is CC1CC(C(=O)NC2CCCCCC2Br)CO1. The van der Waals surface area contributed by atoms with E-state index in [1.807, 2.05) is 6.92 Å². The molecule has 2 rings (SSSR count). The number of carbonyl (C=O) groups excluding carboxylic acids is 1. The van der Waals surface area contributed by atoms with Crippen LogP contribution in [0, 0.1) is 5.92 Å². The molecule has 1 N–H and O–H groups in total. The zero-order chi connectivity index (χ0) is 12.3. The number of amides is 1. The Hall–Kier alpha value is -0.0900. The fourth-order valence-electron chi connectivity index (χ4n) is 2.73. The molecular weight excluding hydrogens is 282 g/mol. The van der Waals surface area contributed by atoms with E-state index in [4.69, 9.17) is 4.74 Å². The van der Waals surface area contributed by atoms with Crippen LogP contribution in [0.1, 0.15) is 45.4 Å². The summed E-state index contributed by atoms with van der Waals surface area (Å²) < 4.78 is 5.45. The van der Waals surface area contributed by atoms with E-state index in [0.29, 0.717) is 17.5 Å². The van der Waals surface area contributed by atoms with Crippen molar-refractivity contribution in [2.45, 2.75) is 62.4 Å². The minimum absolute atomic E-state index is 0.0629. The van der Waals surface area contributed by atoms with Crippen molar-refractivity contribution in [2.75, 3.05) is 6.61 Å². The van der Waals surface area contributed by atoms with Crippen LogP contribution in [0.4, 0.5) is 0 Å². The molecule has 0 spiro atoms. The number of ether oxygens (including phenoxy) is 1. The fraction of sp³-hybridized carbons (Fsp3) is 0.923. The molecule has 3 nitrogen and oxygen atoms in total.